The van der Waals surface area contributed by atoms with Crippen LogP contribution in [0.15, 0.2) is 85.2 Å². The largest absolute Gasteiger partial charge is 0.415 e. The molecule has 1 saturated carbocycles. The highest BCUT2D eigenvalue weighted by atomic mass is 16.6. The highest BCUT2D eigenvalue weighted by Gasteiger charge is 2.49. The van der Waals surface area contributed by atoms with E-state index in [2.05, 4.69) is 66.4 Å². The summed E-state index contributed by atoms with van der Waals surface area (Å²) in [5, 5.41) is 0. The quantitative estimate of drug-likeness (QED) is 0.542. The van der Waals surface area contributed by atoms with E-state index in [4.69, 9.17) is 4.74 Å². The third kappa shape index (κ3) is 4.00. The molecule has 0 saturated heterocycles. The number of amides is 1. The molecule has 0 aliphatic heterocycles. The van der Waals surface area contributed by atoms with Crippen LogP contribution in [-0.2, 0) is 11.1 Å². The molecule has 0 spiro atoms. The number of hydrogen-bond acceptors (Lipinski definition) is 4. The SMILES string of the molecule is CN(C)C1(c2ccccc2)CCC(c2ccccc2)(N(C)C(=O)Oc2cccnc2)CC1. The number of carbonyl (C=O) groups is 1. The van der Waals surface area contributed by atoms with Gasteiger partial charge in [-0.1, -0.05) is 60.7 Å². The summed E-state index contributed by atoms with van der Waals surface area (Å²) < 4.78 is 5.67. The average Bonchev–Trinajstić information content (AvgIpc) is 2.85. The number of ether oxygens (including phenoxy) is 1. The van der Waals surface area contributed by atoms with E-state index in [-0.39, 0.29) is 11.6 Å². The average molecular weight is 430 g/mol. The summed E-state index contributed by atoms with van der Waals surface area (Å²) in [5.41, 5.74) is 1.97. The molecule has 166 valence electrons. The van der Waals surface area contributed by atoms with Crippen molar-refractivity contribution in [3.63, 3.8) is 0 Å². The Bertz CT molecular complexity index is 1010. The highest BCUT2D eigenvalue weighted by molar-refractivity contribution is 5.71. The van der Waals surface area contributed by atoms with Gasteiger partial charge in [0.1, 0.15) is 0 Å². The van der Waals surface area contributed by atoms with Gasteiger partial charge in [-0.05, 0) is 63.0 Å². The second kappa shape index (κ2) is 9.13. The number of nitrogens with zero attached hydrogens (tertiary/aromatic N) is 3. The minimum atomic E-state index is -0.436. The molecule has 0 bridgehead atoms. The van der Waals surface area contributed by atoms with Gasteiger partial charge in [-0.25, -0.2) is 4.79 Å². The lowest BCUT2D eigenvalue weighted by atomic mass is 9.66. The first-order valence-electron chi connectivity index (χ1n) is 11.1. The smallest absolute Gasteiger partial charge is 0.409 e. The van der Waals surface area contributed by atoms with Crippen molar-refractivity contribution < 1.29 is 9.53 Å². The maximum Gasteiger partial charge on any atom is 0.415 e. The number of benzene rings is 2. The maximum atomic E-state index is 13.2. The Balaban J connectivity index is 1.66. The molecule has 1 aliphatic rings. The maximum absolute atomic E-state index is 13.2. The zero-order valence-electron chi connectivity index (χ0n) is 19.1. The van der Waals surface area contributed by atoms with Gasteiger partial charge in [0.2, 0.25) is 0 Å². The number of rotatable bonds is 5. The van der Waals surface area contributed by atoms with Gasteiger partial charge in [0.25, 0.3) is 0 Å². The molecule has 3 aromatic rings. The predicted octanol–water partition coefficient (Wildman–Crippen LogP) is 5.44. The van der Waals surface area contributed by atoms with Crippen molar-refractivity contribution in [1.29, 1.82) is 0 Å². The molecule has 1 aromatic heterocycles. The number of pyridine rings is 1. The fraction of sp³-hybridized carbons (Fsp3) is 0.333. The lowest BCUT2D eigenvalue weighted by Crippen LogP contribution is -2.55. The molecule has 1 heterocycles. The Hall–Kier alpha value is -3.18. The summed E-state index contributed by atoms with van der Waals surface area (Å²) in [6, 6.07) is 24.6. The number of aromatic nitrogens is 1. The third-order valence-electron chi connectivity index (χ3n) is 7.14. The lowest BCUT2D eigenvalue weighted by Gasteiger charge is -2.52. The van der Waals surface area contributed by atoms with E-state index in [1.165, 1.54) is 5.56 Å². The van der Waals surface area contributed by atoms with Gasteiger partial charge >= 0.3 is 6.09 Å². The standard InChI is InChI=1S/C27H31N3O2/c1-29(2)26(22-11-6-4-7-12-22)16-18-27(19-17-26,23-13-8-5-9-14-23)30(3)25(31)32-24-15-10-20-28-21-24/h4-15,20-21H,16-19H2,1-3H3. The van der Waals surface area contributed by atoms with Crippen molar-refractivity contribution in [2.45, 2.75) is 36.8 Å². The monoisotopic (exact) mass is 429 g/mol. The molecule has 32 heavy (non-hydrogen) atoms. The van der Waals surface area contributed by atoms with Gasteiger partial charge < -0.3 is 9.64 Å². The minimum Gasteiger partial charge on any atom is -0.409 e. The number of hydrogen-bond donors (Lipinski definition) is 0. The molecule has 0 radical (unpaired) electrons. The third-order valence-corrected chi connectivity index (χ3v) is 7.14. The first kappa shape index (κ1) is 22.0. The van der Waals surface area contributed by atoms with Crippen molar-refractivity contribution in [1.82, 2.24) is 14.8 Å². The zero-order valence-corrected chi connectivity index (χ0v) is 19.1. The first-order chi connectivity index (χ1) is 15.5. The van der Waals surface area contributed by atoms with Gasteiger partial charge in [-0.3, -0.25) is 9.88 Å². The molecule has 0 unspecified atom stereocenters. The highest BCUT2D eigenvalue weighted by Crippen LogP contribution is 2.50. The van der Waals surface area contributed by atoms with Crippen LogP contribution in [0, 0.1) is 0 Å². The molecule has 4 rings (SSSR count). The van der Waals surface area contributed by atoms with Crippen LogP contribution in [0.25, 0.3) is 0 Å². The van der Waals surface area contributed by atoms with Gasteiger partial charge in [0.05, 0.1) is 11.7 Å². The molecule has 2 aromatic carbocycles. The van der Waals surface area contributed by atoms with Crippen LogP contribution in [0.2, 0.25) is 0 Å². The van der Waals surface area contributed by atoms with Crippen molar-refractivity contribution in [2.75, 3.05) is 21.1 Å². The molecular weight excluding hydrogens is 398 g/mol. The molecular formula is C27H31N3O2. The summed E-state index contributed by atoms with van der Waals surface area (Å²) >= 11 is 0. The first-order valence-corrected chi connectivity index (χ1v) is 11.1. The van der Waals surface area contributed by atoms with Crippen LogP contribution in [0.1, 0.15) is 36.8 Å². The summed E-state index contributed by atoms with van der Waals surface area (Å²) in [6.07, 6.45) is 6.41. The van der Waals surface area contributed by atoms with Crippen LogP contribution in [0.4, 0.5) is 4.79 Å². The molecule has 0 atom stereocenters. The van der Waals surface area contributed by atoms with Crippen LogP contribution in [-0.4, -0.2) is 42.0 Å². The molecule has 1 fully saturated rings. The van der Waals surface area contributed by atoms with Crippen molar-refractivity contribution in [2.24, 2.45) is 0 Å². The zero-order chi connectivity index (χ0) is 22.6. The van der Waals surface area contributed by atoms with E-state index in [9.17, 15) is 4.79 Å². The van der Waals surface area contributed by atoms with Gasteiger partial charge in [-0.15, -0.1) is 0 Å². The second-order valence-electron chi connectivity index (χ2n) is 8.81. The predicted molar refractivity (Wildman–Crippen MR) is 126 cm³/mol. The van der Waals surface area contributed by atoms with E-state index in [1.807, 2.05) is 25.2 Å². The summed E-state index contributed by atoms with van der Waals surface area (Å²) in [5.74, 6) is 0.454. The molecule has 0 N–H and O–H groups in total. The Labute approximate surface area is 190 Å². The van der Waals surface area contributed by atoms with E-state index in [0.717, 1.165) is 31.2 Å². The van der Waals surface area contributed by atoms with Gasteiger partial charge in [0, 0.05) is 18.8 Å². The summed E-state index contributed by atoms with van der Waals surface area (Å²) in [4.78, 5) is 21.4. The molecule has 5 nitrogen and oxygen atoms in total. The van der Waals surface area contributed by atoms with E-state index in [1.54, 1.807) is 29.4 Å². The van der Waals surface area contributed by atoms with Crippen LogP contribution in [0.5, 0.6) is 5.75 Å². The van der Waals surface area contributed by atoms with Crippen LogP contribution >= 0.6 is 0 Å². The Morgan fingerprint density at radius 1 is 0.781 bits per heavy atom. The second-order valence-corrected chi connectivity index (χ2v) is 8.81. The summed E-state index contributed by atoms with van der Waals surface area (Å²) in [6.45, 7) is 0. The normalized spacial score (nSPS) is 23.0. The number of carbonyl (C=O) groups excluding carboxylic acids is 1. The van der Waals surface area contributed by atoms with Crippen molar-refractivity contribution in [3.05, 3.63) is 96.3 Å². The van der Waals surface area contributed by atoms with Gasteiger partial charge in [0.15, 0.2) is 5.75 Å². The lowest BCUT2D eigenvalue weighted by molar-refractivity contribution is 0.00529. The molecule has 1 aliphatic carbocycles. The Morgan fingerprint density at radius 2 is 1.31 bits per heavy atom. The van der Waals surface area contributed by atoms with E-state index >= 15 is 0 Å². The van der Waals surface area contributed by atoms with Crippen LogP contribution in [0.3, 0.4) is 0 Å². The molecule has 1 amide bonds. The van der Waals surface area contributed by atoms with Crippen LogP contribution < -0.4 is 4.74 Å². The fourth-order valence-corrected chi connectivity index (χ4v) is 5.14. The fourth-order valence-electron chi connectivity index (χ4n) is 5.14. The topological polar surface area (TPSA) is 45.7 Å². The molecule has 5 heteroatoms. The van der Waals surface area contributed by atoms with E-state index < -0.39 is 5.54 Å². The van der Waals surface area contributed by atoms with Crippen molar-refractivity contribution >= 4 is 6.09 Å². The Kier molecular flexibility index (Phi) is 6.28. The van der Waals surface area contributed by atoms with Crippen molar-refractivity contribution in [3.8, 4) is 5.75 Å². The summed E-state index contributed by atoms with van der Waals surface area (Å²) in [7, 11) is 6.17. The van der Waals surface area contributed by atoms with Gasteiger partial charge in [-0.2, -0.15) is 0 Å². The minimum absolute atomic E-state index is 0.0619. The van der Waals surface area contributed by atoms with E-state index in [0.29, 0.717) is 5.75 Å². The Morgan fingerprint density at radius 3 is 1.81 bits per heavy atom.